The van der Waals surface area contributed by atoms with Crippen LogP contribution in [0.3, 0.4) is 0 Å². The Bertz CT molecular complexity index is 1200. The van der Waals surface area contributed by atoms with Crippen LogP contribution >= 0.6 is 11.6 Å². The maximum atomic E-state index is 13.4. The van der Waals surface area contributed by atoms with Crippen LogP contribution in [-0.2, 0) is 26.7 Å². The van der Waals surface area contributed by atoms with E-state index in [4.69, 9.17) is 25.8 Å². The highest BCUT2D eigenvalue weighted by atomic mass is 35.5. The second kappa shape index (κ2) is 11.1. The van der Waals surface area contributed by atoms with Gasteiger partial charge in [-0.1, -0.05) is 17.7 Å². The van der Waals surface area contributed by atoms with Gasteiger partial charge in [-0.05, 0) is 19.1 Å². The second-order valence-electron chi connectivity index (χ2n) is 7.25. The molecule has 184 valence electrons. The van der Waals surface area contributed by atoms with Crippen LogP contribution in [-0.4, -0.2) is 66.4 Å². The standard InChI is InChI=1S/C21H25ClFN5O5S/c1-13(20(33-4)21-24-10-14(22)11-25-21)34(29,30)12-18-27-26-17(8-9-23)28(18)19-15(31-2)6-5-7-16(19)32-3/h5-7,10-11,13,20H,8-9,12H2,1-4H3/t13-,20-/m0/s1. The van der Waals surface area contributed by atoms with Gasteiger partial charge in [0.15, 0.2) is 21.5 Å². The Kier molecular flexibility index (Phi) is 8.39. The Morgan fingerprint density at radius 1 is 1.06 bits per heavy atom. The number of rotatable bonds is 11. The van der Waals surface area contributed by atoms with E-state index in [1.165, 1.54) is 45.2 Å². The highest BCUT2D eigenvalue weighted by Crippen LogP contribution is 2.35. The predicted octanol–water partition coefficient (Wildman–Crippen LogP) is 2.93. The van der Waals surface area contributed by atoms with Crippen LogP contribution in [0.15, 0.2) is 30.6 Å². The summed E-state index contributed by atoms with van der Waals surface area (Å²) in [6.07, 6.45) is 1.69. The van der Waals surface area contributed by atoms with Crippen molar-refractivity contribution < 1.29 is 27.0 Å². The first-order chi connectivity index (χ1) is 16.3. The molecule has 2 aromatic heterocycles. The summed E-state index contributed by atoms with van der Waals surface area (Å²) in [5, 5.41) is 7.37. The first-order valence-electron chi connectivity index (χ1n) is 10.2. The number of ether oxygens (including phenoxy) is 3. The summed E-state index contributed by atoms with van der Waals surface area (Å²) < 4.78 is 57.9. The summed E-state index contributed by atoms with van der Waals surface area (Å²) >= 11 is 5.84. The second-order valence-corrected chi connectivity index (χ2v) is 10.0. The fourth-order valence-corrected chi connectivity index (χ4v) is 5.00. The van der Waals surface area contributed by atoms with Gasteiger partial charge in [-0.2, -0.15) is 0 Å². The van der Waals surface area contributed by atoms with Crippen molar-refractivity contribution in [3.05, 3.63) is 53.1 Å². The number of sulfone groups is 1. The summed E-state index contributed by atoms with van der Waals surface area (Å²) in [5.41, 5.74) is 0.378. The van der Waals surface area contributed by atoms with Crippen molar-refractivity contribution in [3.63, 3.8) is 0 Å². The molecule has 0 aliphatic rings. The Balaban J connectivity index is 2.05. The highest BCUT2D eigenvalue weighted by Gasteiger charge is 2.35. The third kappa shape index (κ3) is 5.29. The number of hydrogen-bond donors (Lipinski definition) is 0. The minimum absolute atomic E-state index is 0.0741. The molecule has 10 nitrogen and oxygen atoms in total. The van der Waals surface area contributed by atoms with E-state index in [2.05, 4.69) is 20.2 Å². The van der Waals surface area contributed by atoms with Crippen molar-refractivity contribution in [2.24, 2.45) is 0 Å². The number of alkyl halides is 1. The molecule has 0 fully saturated rings. The van der Waals surface area contributed by atoms with E-state index in [-0.39, 0.29) is 23.9 Å². The smallest absolute Gasteiger partial charge is 0.163 e. The molecule has 0 radical (unpaired) electrons. The molecule has 13 heteroatoms. The molecule has 0 spiro atoms. The summed E-state index contributed by atoms with van der Waals surface area (Å²) in [4.78, 5) is 8.18. The Morgan fingerprint density at radius 3 is 2.18 bits per heavy atom. The van der Waals surface area contributed by atoms with E-state index in [1.807, 2.05) is 0 Å². The van der Waals surface area contributed by atoms with Crippen molar-refractivity contribution in [1.29, 1.82) is 0 Å². The SMILES string of the molecule is COc1cccc(OC)c1-n1c(CCF)nnc1CS(=O)(=O)[C@@H](C)[C@H](OC)c1ncc(Cl)cn1. The predicted molar refractivity (Wildman–Crippen MR) is 123 cm³/mol. The van der Waals surface area contributed by atoms with Gasteiger partial charge in [0.25, 0.3) is 0 Å². The first-order valence-corrected chi connectivity index (χ1v) is 12.3. The molecule has 0 unspecified atom stereocenters. The van der Waals surface area contributed by atoms with Crippen molar-refractivity contribution >= 4 is 21.4 Å². The molecule has 0 N–H and O–H groups in total. The van der Waals surface area contributed by atoms with Crippen molar-refractivity contribution in [3.8, 4) is 17.2 Å². The topological polar surface area (TPSA) is 118 Å². The average molecular weight is 514 g/mol. The van der Waals surface area contributed by atoms with Crippen molar-refractivity contribution in [2.45, 2.75) is 30.5 Å². The monoisotopic (exact) mass is 513 g/mol. The van der Waals surface area contributed by atoms with Gasteiger partial charge in [0.2, 0.25) is 0 Å². The number of nitrogens with zero attached hydrogens (tertiary/aromatic N) is 5. The zero-order valence-electron chi connectivity index (χ0n) is 19.1. The van der Waals surface area contributed by atoms with E-state index in [0.29, 0.717) is 22.2 Å². The average Bonchev–Trinajstić information content (AvgIpc) is 3.21. The molecule has 3 rings (SSSR count). The zero-order chi connectivity index (χ0) is 24.9. The molecule has 34 heavy (non-hydrogen) atoms. The number of benzene rings is 1. The first kappa shape index (κ1) is 25.8. The summed E-state index contributed by atoms with van der Waals surface area (Å²) in [7, 11) is 0.407. The van der Waals surface area contributed by atoms with E-state index >= 15 is 0 Å². The molecule has 2 heterocycles. The van der Waals surface area contributed by atoms with Gasteiger partial charge in [-0.15, -0.1) is 10.2 Å². The normalized spacial score (nSPS) is 13.5. The lowest BCUT2D eigenvalue weighted by atomic mass is 10.2. The minimum atomic E-state index is -3.89. The number of aromatic nitrogens is 5. The van der Waals surface area contributed by atoms with E-state index in [1.54, 1.807) is 18.2 Å². The molecular weight excluding hydrogens is 489 g/mol. The Morgan fingerprint density at radius 2 is 1.65 bits per heavy atom. The van der Waals surface area contributed by atoms with E-state index < -0.39 is 33.6 Å². The summed E-state index contributed by atoms with van der Waals surface area (Å²) in [5.74, 6) is 0.735. The molecule has 1 aromatic carbocycles. The quantitative estimate of drug-likeness (QED) is 0.381. The number of halogens is 2. The van der Waals surface area contributed by atoms with Gasteiger partial charge in [-0.25, -0.2) is 18.4 Å². The Hall–Kier alpha value is -2.83. The number of hydrogen-bond acceptors (Lipinski definition) is 9. The molecule has 2 atom stereocenters. The minimum Gasteiger partial charge on any atom is -0.494 e. The summed E-state index contributed by atoms with van der Waals surface area (Å²) in [6.45, 7) is 0.784. The fraction of sp³-hybridized carbons (Fsp3) is 0.429. The van der Waals surface area contributed by atoms with Crippen LogP contribution < -0.4 is 9.47 Å². The van der Waals surface area contributed by atoms with Gasteiger partial charge in [0, 0.05) is 25.9 Å². The van der Waals surface area contributed by atoms with E-state index in [9.17, 15) is 12.8 Å². The van der Waals surface area contributed by atoms with Gasteiger partial charge < -0.3 is 14.2 Å². The molecule has 0 bridgehead atoms. The van der Waals surface area contributed by atoms with Gasteiger partial charge >= 0.3 is 0 Å². The maximum absolute atomic E-state index is 13.4. The van der Waals surface area contributed by atoms with Crippen molar-refractivity contribution in [2.75, 3.05) is 28.0 Å². The van der Waals surface area contributed by atoms with E-state index in [0.717, 1.165) is 0 Å². The molecular formula is C21H25ClFN5O5S. The van der Waals surface area contributed by atoms with Gasteiger partial charge in [-0.3, -0.25) is 8.96 Å². The number of methoxy groups -OCH3 is 3. The third-order valence-corrected chi connectivity index (χ3v) is 7.45. The zero-order valence-corrected chi connectivity index (χ0v) is 20.7. The maximum Gasteiger partial charge on any atom is 0.163 e. The largest absolute Gasteiger partial charge is 0.494 e. The molecule has 3 aromatic rings. The van der Waals surface area contributed by atoms with Gasteiger partial charge in [0.05, 0.1) is 31.2 Å². The molecule has 0 saturated heterocycles. The molecule has 0 saturated carbocycles. The molecule has 0 amide bonds. The fourth-order valence-electron chi connectivity index (χ4n) is 3.48. The van der Waals surface area contributed by atoms with Crippen LogP contribution in [0.25, 0.3) is 5.69 Å². The van der Waals surface area contributed by atoms with Gasteiger partial charge in [0.1, 0.15) is 34.9 Å². The summed E-state index contributed by atoms with van der Waals surface area (Å²) in [6, 6.07) is 5.07. The Labute approximate surface area is 202 Å². The third-order valence-electron chi connectivity index (χ3n) is 5.21. The van der Waals surface area contributed by atoms with Crippen LogP contribution in [0.5, 0.6) is 11.5 Å². The lowest BCUT2D eigenvalue weighted by Gasteiger charge is -2.22. The number of aryl methyl sites for hydroxylation is 1. The lowest BCUT2D eigenvalue weighted by Crippen LogP contribution is -2.30. The molecule has 0 aliphatic carbocycles. The van der Waals surface area contributed by atoms with Crippen LogP contribution in [0.1, 0.15) is 30.5 Å². The lowest BCUT2D eigenvalue weighted by molar-refractivity contribution is 0.0948. The highest BCUT2D eigenvalue weighted by molar-refractivity contribution is 7.91. The van der Waals surface area contributed by atoms with Crippen LogP contribution in [0.4, 0.5) is 4.39 Å². The number of para-hydroxylation sites is 1. The van der Waals surface area contributed by atoms with Crippen LogP contribution in [0, 0.1) is 0 Å². The van der Waals surface area contributed by atoms with Crippen molar-refractivity contribution in [1.82, 2.24) is 24.7 Å². The molecule has 0 aliphatic heterocycles. The van der Waals surface area contributed by atoms with Crippen LogP contribution in [0.2, 0.25) is 5.02 Å².